The molecule has 3 rings (SSSR count). The van der Waals surface area contributed by atoms with Crippen molar-refractivity contribution < 1.29 is 9.15 Å². The lowest BCUT2D eigenvalue weighted by atomic mass is 10.1. The van der Waals surface area contributed by atoms with Gasteiger partial charge in [0.1, 0.15) is 17.9 Å². The highest BCUT2D eigenvalue weighted by Gasteiger charge is 2.23. The molecule has 2 unspecified atom stereocenters. The van der Waals surface area contributed by atoms with Crippen LogP contribution in [0.1, 0.15) is 32.1 Å². The summed E-state index contributed by atoms with van der Waals surface area (Å²) >= 11 is 0. The van der Waals surface area contributed by atoms with Gasteiger partial charge in [-0.3, -0.25) is 4.90 Å². The van der Waals surface area contributed by atoms with Gasteiger partial charge in [-0.15, -0.1) is 24.0 Å². The Morgan fingerprint density at radius 2 is 2.11 bits per heavy atom. The summed E-state index contributed by atoms with van der Waals surface area (Å²) in [6.07, 6.45) is 0. The predicted octanol–water partition coefficient (Wildman–Crippen LogP) is 3.52. The maximum atomic E-state index is 5.98. The molecule has 1 saturated heterocycles. The van der Waals surface area contributed by atoms with E-state index in [-0.39, 0.29) is 24.0 Å². The Kier molecular flexibility index (Phi) is 9.04. The number of guanidine groups is 1. The number of fused-ring (bicyclic) bond motifs is 1. The molecule has 1 aliphatic rings. The van der Waals surface area contributed by atoms with E-state index in [1.165, 1.54) is 5.56 Å². The second-order valence-corrected chi connectivity index (χ2v) is 7.23. The lowest BCUT2D eigenvalue weighted by Gasteiger charge is -2.38. The van der Waals surface area contributed by atoms with E-state index in [1.807, 2.05) is 18.2 Å². The van der Waals surface area contributed by atoms with E-state index >= 15 is 0 Å². The summed E-state index contributed by atoms with van der Waals surface area (Å²) in [6, 6.07) is 9.00. The number of rotatable bonds is 6. The summed E-state index contributed by atoms with van der Waals surface area (Å²) < 4.78 is 11.5. The number of benzene rings is 1. The number of ether oxygens (including phenoxy) is 1. The molecule has 28 heavy (non-hydrogen) atoms. The number of furan rings is 1. The van der Waals surface area contributed by atoms with Gasteiger partial charge in [-0.1, -0.05) is 18.2 Å². The highest BCUT2D eigenvalue weighted by molar-refractivity contribution is 14.0. The van der Waals surface area contributed by atoms with Crippen molar-refractivity contribution in [2.24, 2.45) is 4.99 Å². The summed E-state index contributed by atoms with van der Waals surface area (Å²) in [7, 11) is 0. The van der Waals surface area contributed by atoms with Gasteiger partial charge in [0, 0.05) is 42.7 Å². The SMILES string of the molecule is CCNC(=NCc1oc2ccccc2c1C)NCC(C)N1CCOCC1C.I. The van der Waals surface area contributed by atoms with Crippen LogP contribution in [0, 0.1) is 6.92 Å². The van der Waals surface area contributed by atoms with Crippen molar-refractivity contribution in [3.8, 4) is 0 Å². The van der Waals surface area contributed by atoms with Gasteiger partial charge in [0.25, 0.3) is 0 Å². The van der Waals surface area contributed by atoms with E-state index in [0.717, 1.165) is 55.5 Å². The summed E-state index contributed by atoms with van der Waals surface area (Å²) in [5.41, 5.74) is 2.09. The van der Waals surface area contributed by atoms with Gasteiger partial charge >= 0.3 is 0 Å². The molecule has 7 heteroatoms. The van der Waals surface area contributed by atoms with Gasteiger partial charge in [-0.2, -0.15) is 0 Å². The van der Waals surface area contributed by atoms with Crippen molar-refractivity contribution in [3.63, 3.8) is 0 Å². The quantitative estimate of drug-likeness (QED) is 0.361. The van der Waals surface area contributed by atoms with Crippen molar-refractivity contribution in [1.29, 1.82) is 0 Å². The minimum absolute atomic E-state index is 0. The van der Waals surface area contributed by atoms with Crippen LogP contribution in [0.5, 0.6) is 0 Å². The first-order chi connectivity index (χ1) is 13.1. The average molecular weight is 500 g/mol. The third-order valence-corrected chi connectivity index (χ3v) is 5.22. The molecule has 0 saturated carbocycles. The second kappa shape index (κ2) is 11.0. The van der Waals surface area contributed by atoms with Crippen molar-refractivity contribution in [2.45, 2.75) is 46.3 Å². The van der Waals surface area contributed by atoms with E-state index in [1.54, 1.807) is 0 Å². The van der Waals surface area contributed by atoms with Gasteiger partial charge in [-0.25, -0.2) is 4.99 Å². The number of nitrogens with one attached hydrogen (secondary N) is 2. The van der Waals surface area contributed by atoms with Crippen LogP contribution in [-0.2, 0) is 11.3 Å². The number of para-hydroxylation sites is 1. The summed E-state index contributed by atoms with van der Waals surface area (Å²) in [5.74, 6) is 1.74. The lowest BCUT2D eigenvalue weighted by molar-refractivity contribution is -0.0174. The summed E-state index contributed by atoms with van der Waals surface area (Å²) in [5, 5.41) is 7.97. The number of morpholine rings is 1. The first-order valence-corrected chi connectivity index (χ1v) is 9.92. The Bertz CT molecular complexity index is 777. The topological polar surface area (TPSA) is 62.0 Å². The fraction of sp³-hybridized carbons (Fsp3) is 0.571. The number of nitrogens with zero attached hydrogens (tertiary/aromatic N) is 2. The van der Waals surface area contributed by atoms with Crippen LogP contribution < -0.4 is 10.6 Å². The van der Waals surface area contributed by atoms with E-state index in [9.17, 15) is 0 Å². The zero-order chi connectivity index (χ0) is 19.2. The standard InChI is InChI=1S/C21H32N4O2.HI/c1-5-22-21(23-12-15(2)25-10-11-26-14-16(25)3)24-13-20-17(4)18-8-6-7-9-19(18)27-20;/h6-9,15-16H,5,10-14H2,1-4H3,(H2,22,23,24);1H. The molecule has 2 aromatic rings. The van der Waals surface area contributed by atoms with Gasteiger partial charge < -0.3 is 19.8 Å². The Labute approximate surface area is 185 Å². The zero-order valence-electron chi connectivity index (χ0n) is 17.3. The molecule has 0 aliphatic carbocycles. The van der Waals surface area contributed by atoms with E-state index in [2.05, 4.69) is 49.3 Å². The number of aliphatic imine (C=N–C) groups is 1. The fourth-order valence-electron chi connectivity index (χ4n) is 3.62. The van der Waals surface area contributed by atoms with E-state index in [4.69, 9.17) is 14.1 Å². The van der Waals surface area contributed by atoms with Gasteiger partial charge in [-0.05, 0) is 33.8 Å². The average Bonchev–Trinajstić information content (AvgIpc) is 3.00. The normalized spacial score (nSPS) is 19.3. The Balaban J connectivity index is 0.00000280. The van der Waals surface area contributed by atoms with Crippen LogP contribution >= 0.6 is 24.0 Å². The van der Waals surface area contributed by atoms with Crippen LogP contribution in [-0.4, -0.2) is 55.8 Å². The van der Waals surface area contributed by atoms with Crippen molar-refractivity contribution >= 4 is 40.9 Å². The van der Waals surface area contributed by atoms with Gasteiger partial charge in [0.15, 0.2) is 5.96 Å². The molecule has 1 aromatic carbocycles. The lowest BCUT2D eigenvalue weighted by Crippen LogP contribution is -2.53. The largest absolute Gasteiger partial charge is 0.459 e. The van der Waals surface area contributed by atoms with Crippen molar-refractivity contribution in [1.82, 2.24) is 15.5 Å². The van der Waals surface area contributed by atoms with E-state index in [0.29, 0.717) is 18.6 Å². The second-order valence-electron chi connectivity index (χ2n) is 7.23. The molecule has 1 aromatic heterocycles. The minimum Gasteiger partial charge on any atom is -0.459 e. The molecule has 0 bridgehead atoms. The zero-order valence-corrected chi connectivity index (χ0v) is 19.7. The minimum atomic E-state index is 0. The summed E-state index contributed by atoms with van der Waals surface area (Å²) in [6.45, 7) is 13.5. The molecule has 2 N–H and O–H groups in total. The molecular formula is C21H33IN4O2. The maximum Gasteiger partial charge on any atom is 0.191 e. The molecule has 1 fully saturated rings. The van der Waals surface area contributed by atoms with Gasteiger partial charge in [0.2, 0.25) is 0 Å². The van der Waals surface area contributed by atoms with Crippen LogP contribution in [0.4, 0.5) is 0 Å². The molecule has 2 heterocycles. The smallest absolute Gasteiger partial charge is 0.191 e. The third kappa shape index (κ3) is 5.61. The summed E-state index contributed by atoms with van der Waals surface area (Å²) in [4.78, 5) is 7.22. The number of aryl methyl sites for hydroxylation is 1. The van der Waals surface area contributed by atoms with Crippen LogP contribution in [0.3, 0.4) is 0 Å². The number of halogens is 1. The highest BCUT2D eigenvalue weighted by Crippen LogP contribution is 2.25. The molecule has 2 atom stereocenters. The molecule has 0 radical (unpaired) electrons. The van der Waals surface area contributed by atoms with E-state index < -0.39 is 0 Å². The molecule has 1 aliphatic heterocycles. The molecular weight excluding hydrogens is 467 g/mol. The Hall–Kier alpha value is -1.32. The molecule has 6 nitrogen and oxygen atoms in total. The fourth-order valence-corrected chi connectivity index (χ4v) is 3.62. The highest BCUT2D eigenvalue weighted by atomic mass is 127. The molecule has 156 valence electrons. The Morgan fingerprint density at radius 3 is 2.82 bits per heavy atom. The first-order valence-electron chi connectivity index (χ1n) is 9.92. The van der Waals surface area contributed by atoms with Crippen molar-refractivity contribution in [3.05, 3.63) is 35.6 Å². The van der Waals surface area contributed by atoms with Crippen LogP contribution in [0.15, 0.2) is 33.7 Å². The Morgan fingerprint density at radius 1 is 1.32 bits per heavy atom. The molecule has 0 spiro atoms. The van der Waals surface area contributed by atoms with Crippen LogP contribution in [0.2, 0.25) is 0 Å². The van der Waals surface area contributed by atoms with Gasteiger partial charge in [0.05, 0.1) is 13.2 Å². The third-order valence-electron chi connectivity index (χ3n) is 5.22. The number of hydrogen-bond acceptors (Lipinski definition) is 4. The monoisotopic (exact) mass is 500 g/mol. The first kappa shape index (κ1) is 23.0. The van der Waals surface area contributed by atoms with Crippen LogP contribution in [0.25, 0.3) is 11.0 Å². The maximum absolute atomic E-state index is 5.98. The predicted molar refractivity (Wildman–Crippen MR) is 126 cm³/mol. The molecule has 0 amide bonds. The number of hydrogen-bond donors (Lipinski definition) is 2. The van der Waals surface area contributed by atoms with Crippen molar-refractivity contribution in [2.75, 3.05) is 32.8 Å².